The molecule has 29 heavy (non-hydrogen) atoms. The van der Waals surface area contributed by atoms with Gasteiger partial charge in [0.15, 0.2) is 5.78 Å². The van der Waals surface area contributed by atoms with Gasteiger partial charge in [-0.3, -0.25) is 9.59 Å². The smallest absolute Gasteiger partial charge is 0.303 e. The average molecular weight is 405 g/mol. The first-order valence-corrected chi connectivity index (χ1v) is 10.4. The zero-order valence-corrected chi connectivity index (χ0v) is 18.6. The minimum absolute atomic E-state index is 0.0970. The Morgan fingerprint density at radius 3 is 2.52 bits per heavy atom. The van der Waals surface area contributed by atoms with Crippen molar-refractivity contribution in [3.8, 4) is 0 Å². The normalized spacial score (nSPS) is 24.4. The summed E-state index contributed by atoms with van der Waals surface area (Å²) < 4.78 is 10.7. The zero-order chi connectivity index (χ0) is 22.0. The van der Waals surface area contributed by atoms with Crippen LogP contribution in [0.1, 0.15) is 48.0 Å². The van der Waals surface area contributed by atoms with Gasteiger partial charge in [0.2, 0.25) is 0 Å². The lowest BCUT2D eigenvalue weighted by molar-refractivity contribution is -0.150. The summed E-state index contributed by atoms with van der Waals surface area (Å²) in [4.78, 5) is 24.1. The molecule has 5 heteroatoms. The molecule has 0 heterocycles. The summed E-state index contributed by atoms with van der Waals surface area (Å²) in [5.41, 5.74) is 1.12. The van der Waals surface area contributed by atoms with Crippen LogP contribution in [0, 0.1) is 17.8 Å². The predicted octanol–water partition coefficient (Wildman–Crippen LogP) is 4.18. The van der Waals surface area contributed by atoms with Crippen molar-refractivity contribution in [2.45, 2.75) is 60.2 Å². The molecular weight excluding hydrogens is 368 g/mol. The van der Waals surface area contributed by atoms with Crippen molar-refractivity contribution in [3.05, 3.63) is 47.6 Å². The summed E-state index contributed by atoms with van der Waals surface area (Å²) in [5.74, 6) is -0.547. The van der Waals surface area contributed by atoms with E-state index in [9.17, 15) is 14.7 Å². The maximum absolute atomic E-state index is 12.5. The molecule has 0 aromatic rings. The highest BCUT2D eigenvalue weighted by Gasteiger charge is 2.40. The number of esters is 1. The minimum atomic E-state index is -1.27. The summed E-state index contributed by atoms with van der Waals surface area (Å²) in [7, 11) is 0. The van der Waals surface area contributed by atoms with Crippen LogP contribution in [0.4, 0.5) is 0 Å². The number of ketones is 1. The van der Waals surface area contributed by atoms with E-state index in [1.807, 2.05) is 26.0 Å². The lowest BCUT2D eigenvalue weighted by atomic mass is 9.79. The third kappa shape index (κ3) is 8.50. The second-order valence-corrected chi connectivity index (χ2v) is 7.95. The van der Waals surface area contributed by atoms with E-state index in [-0.39, 0.29) is 18.3 Å². The standard InChI is InChI=1S/C24H36O5/c1-7-28-15-20-14-21(29-19(6)25)22(24(27)23(20)26)18(5)13-9-12-17(4)11-8-10-16(2)3/h8-9,11-14,16-17,21-22,24,27H,7,10,15H2,1-6H3/t17-,21-,22-,24+/m0/s1. The highest BCUT2D eigenvalue weighted by atomic mass is 16.5. The van der Waals surface area contributed by atoms with Gasteiger partial charge in [-0.15, -0.1) is 0 Å². The maximum Gasteiger partial charge on any atom is 0.303 e. The van der Waals surface area contributed by atoms with Gasteiger partial charge >= 0.3 is 5.97 Å². The summed E-state index contributed by atoms with van der Waals surface area (Å²) in [6.07, 6.45) is 10.8. The molecule has 5 nitrogen and oxygen atoms in total. The third-order valence-corrected chi connectivity index (χ3v) is 4.76. The summed E-state index contributed by atoms with van der Waals surface area (Å²) in [5, 5.41) is 10.6. The van der Waals surface area contributed by atoms with Gasteiger partial charge in [-0.05, 0) is 38.2 Å². The van der Waals surface area contributed by atoms with Crippen LogP contribution >= 0.6 is 0 Å². The molecule has 0 amide bonds. The van der Waals surface area contributed by atoms with Gasteiger partial charge < -0.3 is 14.6 Å². The first kappa shape index (κ1) is 25.1. The molecule has 0 radical (unpaired) electrons. The number of carbonyl (C=O) groups is 2. The molecule has 1 aliphatic carbocycles. The van der Waals surface area contributed by atoms with Crippen molar-refractivity contribution in [2.75, 3.05) is 13.2 Å². The van der Waals surface area contributed by atoms with Gasteiger partial charge in [-0.2, -0.15) is 0 Å². The van der Waals surface area contributed by atoms with Crippen molar-refractivity contribution < 1.29 is 24.2 Å². The van der Waals surface area contributed by atoms with E-state index in [0.717, 1.165) is 12.0 Å². The predicted molar refractivity (Wildman–Crippen MR) is 115 cm³/mol. The Balaban J connectivity index is 2.98. The van der Waals surface area contributed by atoms with Crippen LogP contribution in [0.25, 0.3) is 0 Å². The molecule has 162 valence electrons. The van der Waals surface area contributed by atoms with Crippen LogP contribution in [-0.2, 0) is 19.1 Å². The molecule has 1 N–H and O–H groups in total. The lowest BCUT2D eigenvalue weighted by Gasteiger charge is -2.33. The average Bonchev–Trinajstić information content (AvgIpc) is 2.62. The largest absolute Gasteiger partial charge is 0.458 e. The van der Waals surface area contributed by atoms with Gasteiger partial charge in [0.25, 0.3) is 0 Å². The second-order valence-electron chi connectivity index (χ2n) is 7.95. The zero-order valence-electron chi connectivity index (χ0n) is 18.6. The molecule has 1 aliphatic rings. The number of ether oxygens (including phenoxy) is 2. The van der Waals surface area contributed by atoms with E-state index in [1.165, 1.54) is 6.92 Å². The first-order valence-electron chi connectivity index (χ1n) is 10.4. The molecule has 0 bridgehead atoms. The molecule has 0 aromatic heterocycles. The fraction of sp³-hybridized carbons (Fsp3) is 0.583. The number of allylic oxidation sites excluding steroid dienone is 5. The highest BCUT2D eigenvalue weighted by molar-refractivity contribution is 6.00. The molecule has 4 atom stereocenters. The van der Waals surface area contributed by atoms with Crippen molar-refractivity contribution in [1.29, 1.82) is 0 Å². The first-order chi connectivity index (χ1) is 13.7. The Morgan fingerprint density at radius 1 is 1.24 bits per heavy atom. The van der Waals surface area contributed by atoms with E-state index >= 15 is 0 Å². The summed E-state index contributed by atoms with van der Waals surface area (Å²) in [6.45, 7) is 12.0. The van der Waals surface area contributed by atoms with Crippen molar-refractivity contribution in [1.82, 2.24) is 0 Å². The number of rotatable bonds is 10. The quantitative estimate of drug-likeness (QED) is 0.336. The highest BCUT2D eigenvalue weighted by Crippen LogP contribution is 2.30. The maximum atomic E-state index is 12.5. The molecule has 0 unspecified atom stereocenters. The van der Waals surface area contributed by atoms with E-state index < -0.39 is 24.1 Å². The van der Waals surface area contributed by atoms with Gasteiger partial charge in [-0.25, -0.2) is 0 Å². The Hall–Kier alpha value is -1.98. The van der Waals surface area contributed by atoms with Gasteiger partial charge in [0, 0.05) is 19.1 Å². The minimum Gasteiger partial charge on any atom is -0.458 e. The molecule has 0 saturated heterocycles. The fourth-order valence-electron chi connectivity index (χ4n) is 3.18. The molecule has 1 rings (SSSR count). The topological polar surface area (TPSA) is 72.8 Å². The molecule has 0 saturated carbocycles. The van der Waals surface area contributed by atoms with E-state index in [2.05, 4.69) is 39.0 Å². The van der Waals surface area contributed by atoms with Gasteiger partial charge in [0.1, 0.15) is 12.2 Å². The Labute approximate surface area is 175 Å². The van der Waals surface area contributed by atoms with E-state index in [4.69, 9.17) is 9.47 Å². The van der Waals surface area contributed by atoms with Gasteiger partial charge in [-0.1, -0.05) is 56.7 Å². The second kappa shape index (κ2) is 12.6. The van der Waals surface area contributed by atoms with Crippen LogP contribution < -0.4 is 0 Å². The SMILES string of the molecule is CCOCC1=C[C@H](OC(C)=O)[C@H](C(C)=CC=C[C@@H](C)C=CCC(C)C)[C@@H](O)C1=O. The van der Waals surface area contributed by atoms with E-state index in [0.29, 0.717) is 18.1 Å². The summed E-state index contributed by atoms with van der Waals surface area (Å²) >= 11 is 0. The van der Waals surface area contributed by atoms with Crippen LogP contribution in [0.3, 0.4) is 0 Å². The van der Waals surface area contributed by atoms with Crippen molar-refractivity contribution in [3.63, 3.8) is 0 Å². The number of aliphatic hydroxyl groups is 1. The van der Waals surface area contributed by atoms with Crippen LogP contribution in [0.15, 0.2) is 47.6 Å². The third-order valence-electron chi connectivity index (χ3n) is 4.76. The van der Waals surface area contributed by atoms with Gasteiger partial charge in [0.05, 0.1) is 12.5 Å². The Bertz CT molecular complexity index is 669. The fourth-order valence-corrected chi connectivity index (χ4v) is 3.18. The number of hydrogen-bond donors (Lipinski definition) is 1. The van der Waals surface area contributed by atoms with Crippen molar-refractivity contribution >= 4 is 11.8 Å². The monoisotopic (exact) mass is 404 g/mol. The van der Waals surface area contributed by atoms with Crippen molar-refractivity contribution in [2.24, 2.45) is 17.8 Å². The molecule has 0 aromatic carbocycles. The lowest BCUT2D eigenvalue weighted by Crippen LogP contribution is -2.44. The molecule has 0 fully saturated rings. The number of hydrogen-bond acceptors (Lipinski definition) is 5. The van der Waals surface area contributed by atoms with Crippen LogP contribution in [-0.4, -0.2) is 42.3 Å². The number of Topliss-reactive ketones (excluding diaryl/α,β-unsaturated/α-hetero) is 1. The Kier molecular flexibility index (Phi) is 10.8. The molecule has 0 aliphatic heterocycles. The van der Waals surface area contributed by atoms with Crippen LogP contribution in [0.2, 0.25) is 0 Å². The molecule has 0 spiro atoms. The summed E-state index contributed by atoms with van der Waals surface area (Å²) in [6, 6.07) is 0. The van der Waals surface area contributed by atoms with E-state index in [1.54, 1.807) is 6.08 Å². The number of carbonyl (C=O) groups excluding carboxylic acids is 2. The molecular formula is C24H36O5. The Morgan fingerprint density at radius 2 is 1.93 bits per heavy atom. The van der Waals surface area contributed by atoms with Crippen LogP contribution in [0.5, 0.6) is 0 Å². The number of aliphatic hydroxyl groups excluding tert-OH is 1.